The van der Waals surface area contributed by atoms with E-state index >= 15 is 0 Å². The van der Waals surface area contributed by atoms with Gasteiger partial charge in [-0.25, -0.2) is 0 Å². The molecule has 2 fully saturated rings. The predicted octanol–water partition coefficient (Wildman–Crippen LogP) is 2.38. The number of hydrogen-bond donors (Lipinski definition) is 1. The average Bonchev–Trinajstić information content (AvgIpc) is 2.48. The van der Waals surface area contributed by atoms with Crippen molar-refractivity contribution in [3.63, 3.8) is 0 Å². The minimum absolute atomic E-state index is 0.0195. The van der Waals surface area contributed by atoms with Gasteiger partial charge in [0.05, 0.1) is 17.9 Å². The molecule has 2 aliphatic rings. The molecule has 0 radical (unpaired) electrons. The van der Waals surface area contributed by atoms with Gasteiger partial charge in [-0.05, 0) is 51.4 Å². The Labute approximate surface area is 119 Å². The smallest absolute Gasteiger partial charge is 0.309 e. The van der Waals surface area contributed by atoms with Crippen LogP contribution in [-0.2, 0) is 19.1 Å². The third-order valence-electron chi connectivity index (χ3n) is 4.65. The monoisotopic (exact) mass is 284 g/mol. The van der Waals surface area contributed by atoms with E-state index in [0.29, 0.717) is 31.8 Å². The molecule has 5 heteroatoms. The molecule has 0 saturated heterocycles. The van der Waals surface area contributed by atoms with Gasteiger partial charge in [0.2, 0.25) is 0 Å². The van der Waals surface area contributed by atoms with E-state index in [0.717, 1.165) is 25.7 Å². The zero-order chi connectivity index (χ0) is 14.5. The van der Waals surface area contributed by atoms with Crippen LogP contribution in [0.15, 0.2) is 0 Å². The second-order valence-corrected chi connectivity index (χ2v) is 5.96. The van der Waals surface area contributed by atoms with Crippen molar-refractivity contribution in [3.05, 3.63) is 0 Å². The summed E-state index contributed by atoms with van der Waals surface area (Å²) in [6, 6.07) is 0. The summed E-state index contributed by atoms with van der Waals surface area (Å²) < 4.78 is 10.9. The van der Waals surface area contributed by atoms with Gasteiger partial charge in [0.1, 0.15) is 6.10 Å². The number of esters is 1. The maximum atomic E-state index is 12.1. The van der Waals surface area contributed by atoms with Crippen LogP contribution in [0.3, 0.4) is 0 Å². The molecule has 2 aliphatic carbocycles. The highest BCUT2D eigenvalue weighted by Crippen LogP contribution is 2.31. The van der Waals surface area contributed by atoms with E-state index in [1.54, 1.807) is 7.11 Å². The van der Waals surface area contributed by atoms with Gasteiger partial charge in [-0.2, -0.15) is 0 Å². The molecular formula is C15H24O5. The van der Waals surface area contributed by atoms with Gasteiger partial charge in [-0.15, -0.1) is 0 Å². The second kappa shape index (κ2) is 7.07. The fraction of sp³-hybridized carbons (Fsp3) is 0.867. The Bertz CT molecular complexity index is 338. The van der Waals surface area contributed by atoms with Gasteiger partial charge in [0.15, 0.2) is 0 Å². The lowest BCUT2D eigenvalue weighted by Crippen LogP contribution is -2.32. The summed E-state index contributed by atoms with van der Waals surface area (Å²) in [5, 5.41) is 8.94. The quantitative estimate of drug-likeness (QED) is 0.802. The lowest BCUT2D eigenvalue weighted by atomic mass is 9.82. The Hall–Kier alpha value is -1.10. The predicted molar refractivity (Wildman–Crippen MR) is 72.2 cm³/mol. The van der Waals surface area contributed by atoms with Gasteiger partial charge in [-0.3, -0.25) is 9.59 Å². The lowest BCUT2D eigenvalue weighted by molar-refractivity contribution is -0.159. The highest BCUT2D eigenvalue weighted by atomic mass is 16.5. The summed E-state index contributed by atoms with van der Waals surface area (Å²) in [5.74, 6) is -1.26. The van der Waals surface area contributed by atoms with E-state index in [9.17, 15) is 9.59 Å². The third kappa shape index (κ3) is 3.95. The molecule has 0 aromatic heterocycles. The number of carbonyl (C=O) groups excluding carboxylic acids is 1. The normalized spacial score (nSPS) is 34.5. The van der Waals surface area contributed by atoms with Crippen LogP contribution < -0.4 is 0 Å². The Morgan fingerprint density at radius 2 is 1.35 bits per heavy atom. The molecule has 0 atom stereocenters. The van der Waals surface area contributed by atoms with E-state index < -0.39 is 5.97 Å². The summed E-state index contributed by atoms with van der Waals surface area (Å²) >= 11 is 0. The molecule has 5 nitrogen and oxygen atoms in total. The Kier molecular flexibility index (Phi) is 5.40. The summed E-state index contributed by atoms with van der Waals surface area (Å²) in [5.41, 5.74) is 0. The topological polar surface area (TPSA) is 72.8 Å². The van der Waals surface area contributed by atoms with E-state index in [1.165, 1.54) is 0 Å². The Balaban J connectivity index is 1.72. The first kappa shape index (κ1) is 15.3. The fourth-order valence-electron chi connectivity index (χ4n) is 3.22. The molecule has 0 aliphatic heterocycles. The van der Waals surface area contributed by atoms with Crippen molar-refractivity contribution in [2.75, 3.05) is 7.11 Å². The maximum absolute atomic E-state index is 12.1. The van der Waals surface area contributed by atoms with Gasteiger partial charge in [0.25, 0.3) is 0 Å². The van der Waals surface area contributed by atoms with Crippen LogP contribution in [0.25, 0.3) is 0 Å². The Morgan fingerprint density at radius 3 is 1.85 bits per heavy atom. The number of carboxylic acids is 1. The molecule has 2 rings (SSSR count). The Morgan fingerprint density at radius 1 is 0.850 bits per heavy atom. The van der Waals surface area contributed by atoms with Crippen molar-refractivity contribution in [2.45, 2.75) is 63.6 Å². The van der Waals surface area contributed by atoms with E-state index in [4.69, 9.17) is 14.6 Å². The number of hydrogen-bond acceptors (Lipinski definition) is 4. The minimum Gasteiger partial charge on any atom is -0.481 e. The van der Waals surface area contributed by atoms with Crippen LogP contribution in [0.2, 0.25) is 0 Å². The van der Waals surface area contributed by atoms with Crippen LogP contribution >= 0.6 is 0 Å². The summed E-state index contributed by atoms with van der Waals surface area (Å²) in [6.07, 6.45) is 6.41. The van der Waals surface area contributed by atoms with Gasteiger partial charge in [-0.1, -0.05) is 0 Å². The molecule has 0 heterocycles. The first-order chi connectivity index (χ1) is 9.60. The van der Waals surface area contributed by atoms with Gasteiger partial charge >= 0.3 is 11.9 Å². The molecule has 1 N–H and O–H groups in total. The molecule has 0 aromatic carbocycles. The van der Waals surface area contributed by atoms with Gasteiger partial charge in [0, 0.05) is 7.11 Å². The van der Waals surface area contributed by atoms with Crippen LogP contribution in [0.1, 0.15) is 51.4 Å². The fourth-order valence-corrected chi connectivity index (χ4v) is 3.22. The first-order valence-electron chi connectivity index (χ1n) is 7.56. The number of carbonyl (C=O) groups is 2. The molecule has 0 spiro atoms. The van der Waals surface area contributed by atoms with Crippen molar-refractivity contribution in [1.29, 1.82) is 0 Å². The van der Waals surface area contributed by atoms with Crippen molar-refractivity contribution < 1.29 is 24.2 Å². The standard InChI is InChI=1S/C15H24O5/c1-19-12-6-8-13(9-7-12)20-15(18)11-4-2-10(3-5-11)14(16)17/h10-13H,2-9H2,1H3,(H,16,17). The number of ether oxygens (including phenoxy) is 2. The zero-order valence-electron chi connectivity index (χ0n) is 12.0. The van der Waals surface area contributed by atoms with Crippen LogP contribution in [0.5, 0.6) is 0 Å². The largest absolute Gasteiger partial charge is 0.481 e. The summed E-state index contributed by atoms with van der Waals surface area (Å²) in [6.45, 7) is 0. The number of carboxylic acid groups (broad SMARTS) is 1. The number of aliphatic carboxylic acids is 1. The third-order valence-corrected chi connectivity index (χ3v) is 4.65. The van der Waals surface area contributed by atoms with Crippen molar-refractivity contribution in [3.8, 4) is 0 Å². The van der Waals surface area contributed by atoms with Crippen LogP contribution in [0, 0.1) is 11.8 Å². The van der Waals surface area contributed by atoms with Crippen molar-refractivity contribution in [2.24, 2.45) is 11.8 Å². The molecular weight excluding hydrogens is 260 g/mol. The lowest BCUT2D eigenvalue weighted by Gasteiger charge is -2.30. The number of rotatable bonds is 4. The van der Waals surface area contributed by atoms with Crippen LogP contribution in [-0.4, -0.2) is 36.4 Å². The molecule has 114 valence electrons. The number of methoxy groups -OCH3 is 1. The SMILES string of the molecule is COC1CCC(OC(=O)C2CCC(C(=O)O)CC2)CC1. The highest BCUT2D eigenvalue weighted by molar-refractivity contribution is 5.74. The van der Waals surface area contributed by atoms with Crippen molar-refractivity contribution >= 4 is 11.9 Å². The zero-order valence-corrected chi connectivity index (χ0v) is 12.0. The molecule has 0 aromatic rings. The van der Waals surface area contributed by atoms with E-state index in [2.05, 4.69) is 0 Å². The molecule has 0 bridgehead atoms. The molecule has 20 heavy (non-hydrogen) atoms. The minimum atomic E-state index is -0.741. The highest BCUT2D eigenvalue weighted by Gasteiger charge is 2.32. The first-order valence-corrected chi connectivity index (χ1v) is 7.56. The maximum Gasteiger partial charge on any atom is 0.309 e. The average molecular weight is 284 g/mol. The molecule has 2 saturated carbocycles. The second-order valence-electron chi connectivity index (χ2n) is 5.96. The molecule has 0 unspecified atom stereocenters. The van der Waals surface area contributed by atoms with Gasteiger partial charge < -0.3 is 14.6 Å². The van der Waals surface area contributed by atoms with E-state index in [1.807, 2.05) is 0 Å². The van der Waals surface area contributed by atoms with E-state index in [-0.39, 0.29) is 23.9 Å². The summed E-state index contributed by atoms with van der Waals surface area (Å²) in [7, 11) is 1.72. The van der Waals surface area contributed by atoms with Crippen molar-refractivity contribution in [1.82, 2.24) is 0 Å². The van der Waals surface area contributed by atoms with Crippen LogP contribution in [0.4, 0.5) is 0 Å². The summed E-state index contributed by atoms with van der Waals surface area (Å²) in [4.78, 5) is 23.0. The molecule has 0 amide bonds.